The Balaban J connectivity index is 1.17. The fraction of sp³-hybridized carbons (Fsp3) is 0.229. The Hall–Kier alpha value is -5.22. The van der Waals surface area contributed by atoms with Crippen molar-refractivity contribution in [2.24, 2.45) is 23.7 Å². The molecule has 1 saturated carbocycles. The van der Waals surface area contributed by atoms with Crippen LogP contribution in [0.2, 0.25) is 5.02 Å². The molecule has 2 amide bonds. The molecule has 7 rings (SSSR count). The van der Waals surface area contributed by atoms with Crippen molar-refractivity contribution >= 4 is 57.4 Å². The van der Waals surface area contributed by atoms with Crippen LogP contribution in [0, 0.1) is 47.6 Å². The molecule has 4 aromatic rings. The van der Waals surface area contributed by atoms with Gasteiger partial charge in [0.05, 0.1) is 39.2 Å². The third-order valence-corrected chi connectivity index (χ3v) is 9.75. The molecule has 2 aliphatic carbocycles. The van der Waals surface area contributed by atoms with Crippen LogP contribution in [0.15, 0.2) is 72.8 Å². The molecule has 3 aliphatic rings. The summed E-state index contributed by atoms with van der Waals surface area (Å²) in [5, 5.41) is 12.2. The van der Waals surface area contributed by atoms with E-state index >= 15 is 0 Å². The van der Waals surface area contributed by atoms with Gasteiger partial charge in [0.2, 0.25) is 17.6 Å². The quantitative estimate of drug-likeness (QED) is 0.0566. The number of allylic oxidation sites excluding steroid dienone is 2. The monoisotopic (exact) mass is 635 g/mol. The lowest BCUT2D eigenvalue weighted by atomic mass is 9.85. The first kappa shape index (κ1) is 29.5. The Morgan fingerprint density at radius 1 is 0.978 bits per heavy atom. The summed E-state index contributed by atoms with van der Waals surface area (Å²) in [5.41, 5.74) is 3.00. The highest BCUT2D eigenvalue weighted by atomic mass is 35.5. The van der Waals surface area contributed by atoms with Crippen LogP contribution in [-0.2, 0) is 14.3 Å². The number of esters is 1. The van der Waals surface area contributed by atoms with Crippen LogP contribution in [-0.4, -0.2) is 40.1 Å². The summed E-state index contributed by atoms with van der Waals surface area (Å²) in [6.07, 6.45) is 4.96. The molecule has 1 aromatic heterocycles. The molecule has 3 aromatic carbocycles. The Labute approximate surface area is 267 Å². The number of rotatable bonds is 7. The number of amides is 2. The SMILES string of the molecule is Cc1ccc(C(=O)COC(=O)c2cc(-c3ccc(N4C(=O)C5C6C=CC(C6)C5C4=O)cc3)nc3c(C)c(Cl)ccc23)cc1[N+](=O)[O-]. The van der Waals surface area contributed by atoms with Crippen molar-refractivity contribution in [2.75, 3.05) is 11.5 Å². The summed E-state index contributed by atoms with van der Waals surface area (Å²) in [7, 11) is 0. The average molecular weight is 636 g/mol. The summed E-state index contributed by atoms with van der Waals surface area (Å²) >= 11 is 6.40. The number of nitrogens with zero attached hydrogens (tertiary/aromatic N) is 3. The molecule has 4 unspecified atom stereocenters. The number of ether oxygens (including phenoxy) is 1. The topological polar surface area (TPSA) is 137 Å². The van der Waals surface area contributed by atoms with Gasteiger partial charge in [0.1, 0.15) is 0 Å². The molecule has 2 heterocycles. The van der Waals surface area contributed by atoms with Gasteiger partial charge in [-0.15, -0.1) is 0 Å². The third-order valence-electron chi connectivity index (χ3n) is 9.34. The smallest absolute Gasteiger partial charge is 0.339 e. The first-order chi connectivity index (χ1) is 22.0. The van der Waals surface area contributed by atoms with Gasteiger partial charge in [0, 0.05) is 33.2 Å². The molecule has 46 heavy (non-hydrogen) atoms. The number of fused-ring (bicyclic) bond motifs is 6. The third kappa shape index (κ3) is 4.68. The van der Waals surface area contributed by atoms with E-state index in [0.717, 1.165) is 12.5 Å². The van der Waals surface area contributed by atoms with E-state index in [4.69, 9.17) is 21.3 Å². The van der Waals surface area contributed by atoms with Crippen LogP contribution >= 0.6 is 11.6 Å². The normalized spacial score (nSPS) is 21.2. The first-order valence-corrected chi connectivity index (χ1v) is 15.1. The second kappa shape index (κ2) is 11.0. The Kier molecular flexibility index (Phi) is 7.05. The van der Waals surface area contributed by atoms with Gasteiger partial charge in [-0.3, -0.25) is 29.4 Å². The van der Waals surface area contributed by atoms with Crippen LogP contribution in [0.3, 0.4) is 0 Å². The Morgan fingerprint density at radius 3 is 2.30 bits per heavy atom. The van der Waals surface area contributed by atoms with E-state index in [-0.39, 0.29) is 52.3 Å². The van der Waals surface area contributed by atoms with Crippen molar-refractivity contribution in [3.05, 3.63) is 110 Å². The van der Waals surface area contributed by atoms with Crippen LogP contribution in [0.1, 0.15) is 38.3 Å². The highest BCUT2D eigenvalue weighted by molar-refractivity contribution is 6.32. The summed E-state index contributed by atoms with van der Waals surface area (Å²) in [6, 6.07) is 15.8. The Morgan fingerprint density at radius 2 is 1.65 bits per heavy atom. The first-order valence-electron chi connectivity index (χ1n) is 14.7. The maximum absolute atomic E-state index is 13.4. The highest BCUT2D eigenvalue weighted by Gasteiger charge is 2.59. The Bertz CT molecular complexity index is 2030. The number of hydrogen-bond acceptors (Lipinski definition) is 8. The van der Waals surface area contributed by atoms with Crippen LogP contribution in [0.25, 0.3) is 22.2 Å². The van der Waals surface area contributed by atoms with Gasteiger partial charge < -0.3 is 4.74 Å². The maximum Gasteiger partial charge on any atom is 0.339 e. The van der Waals surface area contributed by atoms with Gasteiger partial charge in [-0.2, -0.15) is 0 Å². The van der Waals surface area contributed by atoms with Crippen LogP contribution in [0.5, 0.6) is 0 Å². The predicted molar refractivity (Wildman–Crippen MR) is 170 cm³/mol. The molecular weight excluding hydrogens is 610 g/mol. The number of halogens is 1. The molecule has 230 valence electrons. The van der Waals surface area contributed by atoms with E-state index in [2.05, 4.69) is 12.2 Å². The summed E-state index contributed by atoms with van der Waals surface area (Å²) < 4.78 is 5.41. The van der Waals surface area contributed by atoms with E-state index in [1.54, 1.807) is 56.3 Å². The molecule has 0 N–H and O–H groups in total. The van der Waals surface area contributed by atoms with Crippen molar-refractivity contribution in [3.8, 4) is 11.3 Å². The highest BCUT2D eigenvalue weighted by Crippen LogP contribution is 2.53. The van der Waals surface area contributed by atoms with Gasteiger partial charge in [-0.25, -0.2) is 9.78 Å². The molecular formula is C35H26ClN3O7. The minimum atomic E-state index is -0.787. The van der Waals surface area contributed by atoms with Crippen molar-refractivity contribution in [1.82, 2.24) is 4.98 Å². The second-order valence-corrected chi connectivity index (χ2v) is 12.3. The molecule has 4 atom stereocenters. The van der Waals surface area contributed by atoms with E-state index in [9.17, 15) is 29.3 Å². The number of aryl methyl sites for hydroxylation is 2. The molecule has 0 spiro atoms. The number of nitro groups is 1. The number of carbonyl (C=O) groups is 4. The zero-order valence-electron chi connectivity index (χ0n) is 24.7. The fourth-order valence-electron chi connectivity index (χ4n) is 6.93. The number of aromatic nitrogens is 1. The number of anilines is 1. The fourth-order valence-corrected chi connectivity index (χ4v) is 7.08. The van der Waals surface area contributed by atoms with Gasteiger partial charge in [-0.1, -0.05) is 54.1 Å². The summed E-state index contributed by atoms with van der Waals surface area (Å²) in [6.45, 7) is 2.71. The molecule has 1 saturated heterocycles. The largest absolute Gasteiger partial charge is 0.454 e. The number of carbonyl (C=O) groups excluding carboxylic acids is 4. The molecule has 10 nitrogen and oxygen atoms in total. The van der Waals surface area contributed by atoms with Crippen molar-refractivity contribution in [3.63, 3.8) is 0 Å². The molecule has 1 aliphatic heterocycles. The van der Waals surface area contributed by atoms with Crippen molar-refractivity contribution in [1.29, 1.82) is 0 Å². The maximum atomic E-state index is 13.4. The molecule has 2 fully saturated rings. The molecule has 0 radical (unpaired) electrons. The van der Waals surface area contributed by atoms with Crippen LogP contribution < -0.4 is 4.90 Å². The average Bonchev–Trinajstić information content (AvgIpc) is 3.74. The number of Topliss-reactive ketones (excluding diaryl/α,β-unsaturated/α-hetero) is 1. The van der Waals surface area contributed by atoms with E-state index in [1.165, 1.54) is 17.0 Å². The number of ketones is 1. The van der Waals surface area contributed by atoms with Gasteiger partial charge in [0.25, 0.3) is 5.69 Å². The van der Waals surface area contributed by atoms with E-state index in [1.807, 2.05) is 0 Å². The lowest BCUT2D eigenvalue weighted by Crippen LogP contribution is -2.32. The van der Waals surface area contributed by atoms with Gasteiger partial charge in [-0.05, 0) is 61.9 Å². The minimum absolute atomic E-state index is 0.0515. The van der Waals surface area contributed by atoms with Crippen LogP contribution in [0.4, 0.5) is 11.4 Å². The standard InChI is InChI=1S/C35H26ClN3O7/c1-17-3-4-20(14-28(17)39(44)45)29(40)16-46-35(43)25-15-27(37-32-18(2)26(36)12-11-24(25)32)19-7-9-23(10-8-19)38-33(41)30-21-5-6-22(13-21)31(30)34(38)42/h3-12,14-15,21-22,30-31H,13,16H2,1-2H3. The lowest BCUT2D eigenvalue weighted by molar-refractivity contribution is -0.385. The predicted octanol–water partition coefficient (Wildman–Crippen LogP) is 6.43. The van der Waals surface area contributed by atoms with Crippen molar-refractivity contribution < 1.29 is 28.8 Å². The summed E-state index contributed by atoms with van der Waals surface area (Å²) in [4.78, 5) is 69.6. The number of nitro benzene ring substituents is 1. The lowest BCUT2D eigenvalue weighted by Gasteiger charge is -2.18. The number of benzene rings is 3. The van der Waals surface area contributed by atoms with Crippen molar-refractivity contribution in [2.45, 2.75) is 20.3 Å². The molecule has 2 bridgehead atoms. The van der Waals surface area contributed by atoms with Gasteiger partial charge >= 0.3 is 5.97 Å². The molecule has 11 heteroatoms. The summed E-state index contributed by atoms with van der Waals surface area (Å²) in [5.74, 6) is -2.12. The number of hydrogen-bond donors (Lipinski definition) is 0. The van der Waals surface area contributed by atoms with Gasteiger partial charge in [0.15, 0.2) is 6.61 Å². The number of imide groups is 1. The second-order valence-electron chi connectivity index (χ2n) is 11.9. The minimum Gasteiger partial charge on any atom is -0.454 e. The van der Waals surface area contributed by atoms with E-state index < -0.39 is 23.3 Å². The number of pyridine rings is 1. The van der Waals surface area contributed by atoms with E-state index in [0.29, 0.717) is 44.0 Å². The zero-order valence-corrected chi connectivity index (χ0v) is 25.5. The zero-order chi connectivity index (χ0) is 32.4.